The van der Waals surface area contributed by atoms with E-state index in [4.69, 9.17) is 28.8 Å². The molecule has 1 aromatic carbocycles. The maximum atomic E-state index is 11.0. The molecule has 1 aromatic heterocycles. The largest absolute Gasteiger partial charge is 0.384 e. The number of hydrazine groups is 1. The summed E-state index contributed by atoms with van der Waals surface area (Å²) in [5.41, 5.74) is 25.2. The highest BCUT2D eigenvalue weighted by molar-refractivity contribution is 6.29. The van der Waals surface area contributed by atoms with Crippen molar-refractivity contribution in [3.8, 4) is 0 Å². The molecule has 3 rings (SSSR count). The van der Waals surface area contributed by atoms with E-state index >= 15 is 0 Å². The number of primary amides is 1. The first-order valence-corrected chi connectivity index (χ1v) is 16.3. The highest BCUT2D eigenvalue weighted by atomic mass is 35.5. The molecule has 1 aliphatic rings. The van der Waals surface area contributed by atoms with Crippen molar-refractivity contribution in [2.24, 2.45) is 16.5 Å². The summed E-state index contributed by atoms with van der Waals surface area (Å²) in [6.45, 7) is 16.8. The number of nitrogen functional groups attached to an aromatic ring is 1. The van der Waals surface area contributed by atoms with Gasteiger partial charge in [0.05, 0.1) is 0 Å². The lowest BCUT2D eigenvalue weighted by molar-refractivity contribution is 0.1000. The summed E-state index contributed by atoms with van der Waals surface area (Å²) < 4.78 is 0. The second-order valence-electron chi connectivity index (χ2n) is 10.4. The highest BCUT2D eigenvalue weighted by Crippen LogP contribution is 2.26. The summed E-state index contributed by atoms with van der Waals surface area (Å²) in [5.74, 6) is 1.43. The Kier molecular flexibility index (Phi) is 21.8. The van der Waals surface area contributed by atoms with Gasteiger partial charge in [0.1, 0.15) is 16.8 Å². The number of allylic oxidation sites excluding steroid dienone is 7. The van der Waals surface area contributed by atoms with Crippen LogP contribution >= 0.6 is 11.6 Å². The van der Waals surface area contributed by atoms with Gasteiger partial charge in [0.2, 0.25) is 5.91 Å². The van der Waals surface area contributed by atoms with Crippen LogP contribution in [0.3, 0.4) is 0 Å². The zero-order chi connectivity index (χ0) is 35.1. The standard InChI is InChI=1S/C16H21N3.C14H21NO.C5H8ClN3.C2H6/c1-5-12(2)10-13(3)15(8-9-18-4)14-6-7-16(17)19-11-14;1-3-5-11(6-4-2)12-7-9-13(10-8-12)14(15)16;1-9-5(7)3-2-4(6)8-9;1-2/h6-11H,3,5H2,1-2,4H3,(H2,17,19);7-11H,3-6H2,1-2H3,(H2,15,16);2-3,8H,7H2,1H3;1-2H3/b12-10+,15-8+,18-9?;;;. The number of pyridine rings is 1. The Hall–Kier alpha value is -4.30. The Morgan fingerprint density at radius 3 is 2.07 bits per heavy atom. The summed E-state index contributed by atoms with van der Waals surface area (Å²) in [6, 6.07) is 11.5. The minimum absolute atomic E-state index is 0.353. The third kappa shape index (κ3) is 16.1. The first-order valence-electron chi connectivity index (χ1n) is 15.9. The number of anilines is 1. The molecule has 0 saturated carbocycles. The fourth-order valence-corrected chi connectivity index (χ4v) is 4.40. The lowest BCUT2D eigenvalue weighted by Crippen LogP contribution is -2.36. The van der Waals surface area contributed by atoms with Crippen LogP contribution in [0.15, 0.2) is 101 Å². The van der Waals surface area contributed by atoms with E-state index in [2.05, 4.69) is 55.8 Å². The summed E-state index contributed by atoms with van der Waals surface area (Å²) in [7, 11) is 3.53. The SMILES string of the molecule is C=C(/C=C(\C)CC)/C(=C\C=NC)c1ccc(N)nc1.CC.CCCC(CCC)c1ccc(C(N)=O)cc1.CN1NC(Cl)=CC=C1N. The topological polar surface area (TPSA) is 136 Å². The summed E-state index contributed by atoms with van der Waals surface area (Å²) >= 11 is 5.58. The Morgan fingerprint density at radius 2 is 1.63 bits per heavy atom. The van der Waals surface area contributed by atoms with Crippen LogP contribution in [0, 0.1) is 0 Å². The van der Waals surface area contributed by atoms with Gasteiger partial charge in [0, 0.05) is 37.6 Å². The first kappa shape index (κ1) is 41.7. The molecular formula is C37H56ClN7O. The van der Waals surface area contributed by atoms with Gasteiger partial charge in [-0.1, -0.05) is 89.4 Å². The van der Waals surface area contributed by atoms with Crippen LogP contribution < -0.4 is 22.6 Å². The zero-order valence-electron chi connectivity index (χ0n) is 29.1. The molecule has 2 aromatic rings. The van der Waals surface area contributed by atoms with Crippen LogP contribution in [-0.2, 0) is 0 Å². The number of hydrogen-bond donors (Lipinski definition) is 4. The summed E-state index contributed by atoms with van der Waals surface area (Å²) in [4.78, 5) is 19.1. The second-order valence-corrected chi connectivity index (χ2v) is 10.8. The fourth-order valence-electron chi connectivity index (χ4n) is 4.21. The van der Waals surface area contributed by atoms with Crippen LogP contribution in [0.25, 0.3) is 5.57 Å². The van der Waals surface area contributed by atoms with Crippen LogP contribution in [0.1, 0.15) is 101 Å². The maximum absolute atomic E-state index is 11.0. The van der Waals surface area contributed by atoms with Gasteiger partial charge in [-0.25, -0.2) is 4.98 Å². The van der Waals surface area contributed by atoms with Crippen LogP contribution in [0.2, 0.25) is 0 Å². The molecule has 1 aliphatic heterocycles. The van der Waals surface area contributed by atoms with Crippen molar-refractivity contribution in [3.05, 3.63) is 112 Å². The molecule has 9 heteroatoms. The molecule has 0 atom stereocenters. The Labute approximate surface area is 282 Å². The van der Waals surface area contributed by atoms with E-state index in [1.54, 1.807) is 49.7 Å². The van der Waals surface area contributed by atoms with Crippen molar-refractivity contribution in [1.82, 2.24) is 15.4 Å². The minimum Gasteiger partial charge on any atom is -0.384 e. The van der Waals surface area contributed by atoms with Crippen molar-refractivity contribution in [1.29, 1.82) is 0 Å². The zero-order valence-corrected chi connectivity index (χ0v) is 29.9. The van der Waals surface area contributed by atoms with E-state index in [-0.39, 0.29) is 5.91 Å². The maximum Gasteiger partial charge on any atom is 0.248 e. The lowest BCUT2D eigenvalue weighted by Gasteiger charge is -2.23. The Bertz CT molecular complexity index is 1330. The fraction of sp³-hybridized carbons (Fsp3) is 0.378. The number of hydrogen-bond acceptors (Lipinski definition) is 7. The van der Waals surface area contributed by atoms with Gasteiger partial charge in [-0.15, -0.1) is 0 Å². The molecule has 0 bridgehead atoms. The lowest BCUT2D eigenvalue weighted by atomic mass is 9.90. The smallest absolute Gasteiger partial charge is 0.248 e. The molecule has 0 saturated heterocycles. The molecule has 1 amide bonds. The average molecular weight is 650 g/mol. The van der Waals surface area contributed by atoms with E-state index in [0.717, 1.165) is 23.1 Å². The number of nitrogens with one attached hydrogen (secondary N) is 1. The van der Waals surface area contributed by atoms with Gasteiger partial charge in [-0.2, -0.15) is 0 Å². The Balaban J connectivity index is 0.000000676. The van der Waals surface area contributed by atoms with E-state index in [0.29, 0.717) is 28.3 Å². The van der Waals surface area contributed by atoms with Gasteiger partial charge < -0.3 is 17.2 Å². The molecule has 0 unspecified atom stereocenters. The molecule has 8 nitrogen and oxygen atoms in total. The van der Waals surface area contributed by atoms with Crippen molar-refractivity contribution in [2.45, 2.75) is 79.6 Å². The van der Waals surface area contributed by atoms with E-state index in [1.807, 2.05) is 50.3 Å². The van der Waals surface area contributed by atoms with Crippen molar-refractivity contribution in [3.63, 3.8) is 0 Å². The first-order chi connectivity index (χ1) is 22.0. The molecule has 0 fully saturated rings. The van der Waals surface area contributed by atoms with Gasteiger partial charge in [-0.05, 0) is 91.3 Å². The van der Waals surface area contributed by atoms with Crippen LogP contribution in [0.4, 0.5) is 5.82 Å². The number of benzene rings is 1. The number of rotatable bonds is 11. The molecule has 0 aliphatic carbocycles. The van der Waals surface area contributed by atoms with Crippen molar-refractivity contribution in [2.75, 3.05) is 19.8 Å². The number of carbonyl (C=O) groups excluding carboxylic acids is 1. The third-order valence-corrected chi connectivity index (χ3v) is 7.03. The highest BCUT2D eigenvalue weighted by Gasteiger charge is 2.10. The molecule has 0 spiro atoms. The second kappa shape index (κ2) is 24.0. The molecule has 2 heterocycles. The normalized spacial score (nSPS) is 12.8. The summed E-state index contributed by atoms with van der Waals surface area (Å²) in [6.07, 6.45) is 16.8. The van der Waals surface area contributed by atoms with Crippen molar-refractivity contribution >= 4 is 35.1 Å². The van der Waals surface area contributed by atoms with Gasteiger partial charge in [-0.3, -0.25) is 20.2 Å². The van der Waals surface area contributed by atoms with Crippen molar-refractivity contribution < 1.29 is 4.79 Å². The number of halogens is 1. The molecule has 7 N–H and O–H groups in total. The van der Waals surface area contributed by atoms with E-state index in [9.17, 15) is 4.79 Å². The average Bonchev–Trinajstić information content (AvgIpc) is 3.05. The quantitative estimate of drug-likeness (QED) is 0.109. The number of aliphatic imine (C=N–C) groups is 1. The minimum atomic E-state index is -0.353. The predicted molar refractivity (Wildman–Crippen MR) is 200 cm³/mol. The molecule has 46 heavy (non-hydrogen) atoms. The number of aromatic nitrogens is 1. The summed E-state index contributed by atoms with van der Waals surface area (Å²) in [5, 5.41) is 2.22. The van der Waals surface area contributed by atoms with Crippen LogP contribution in [-0.4, -0.2) is 36.2 Å². The number of nitrogens with zero attached hydrogens (tertiary/aromatic N) is 3. The number of nitrogens with two attached hydrogens (primary N) is 3. The van der Waals surface area contributed by atoms with E-state index < -0.39 is 0 Å². The molecule has 0 radical (unpaired) electrons. The van der Waals surface area contributed by atoms with Gasteiger partial charge in [0.15, 0.2) is 0 Å². The number of amides is 1. The van der Waals surface area contributed by atoms with Gasteiger partial charge in [0.25, 0.3) is 0 Å². The molecular weight excluding hydrogens is 594 g/mol. The Morgan fingerprint density at radius 1 is 1.04 bits per heavy atom. The monoisotopic (exact) mass is 649 g/mol. The van der Waals surface area contributed by atoms with E-state index in [1.165, 1.54) is 36.8 Å². The van der Waals surface area contributed by atoms with Crippen LogP contribution in [0.5, 0.6) is 0 Å². The number of carbonyl (C=O) groups is 1. The molecule has 252 valence electrons. The predicted octanol–water partition coefficient (Wildman–Crippen LogP) is 8.47. The third-order valence-electron chi connectivity index (χ3n) is 6.82. The van der Waals surface area contributed by atoms with Gasteiger partial charge >= 0.3 is 0 Å².